The molecule has 7 nitrogen and oxygen atoms in total. The van der Waals surface area contributed by atoms with E-state index in [-0.39, 0.29) is 17.3 Å². The summed E-state index contributed by atoms with van der Waals surface area (Å²) < 4.78 is 22.2. The lowest BCUT2D eigenvalue weighted by Crippen LogP contribution is -2.39. The fourth-order valence-electron chi connectivity index (χ4n) is 4.66. The van der Waals surface area contributed by atoms with Crippen LogP contribution < -0.4 is 15.8 Å². The lowest BCUT2D eigenvalue weighted by atomic mass is 9.83. The Morgan fingerprint density at radius 3 is 2.49 bits per heavy atom. The first-order valence-electron chi connectivity index (χ1n) is 12.8. The molecule has 2 aromatic heterocycles. The lowest BCUT2D eigenvalue weighted by Gasteiger charge is -2.37. The average Bonchev–Trinajstić information content (AvgIpc) is 2.80. The van der Waals surface area contributed by atoms with E-state index in [2.05, 4.69) is 19.2 Å². The number of aryl methyl sites for hydroxylation is 1. The second-order valence-corrected chi connectivity index (χ2v) is 11.8. The first-order valence-corrected chi connectivity index (χ1v) is 12.8. The van der Waals surface area contributed by atoms with E-state index in [1.807, 2.05) is 57.7 Å². The number of carbonyl (C=O) groups is 1. The Hall–Kier alpha value is -3.42. The Morgan fingerprint density at radius 1 is 1.19 bits per heavy atom. The summed E-state index contributed by atoms with van der Waals surface area (Å²) in [5.74, 6) is -1.15. The normalized spacial score (nSPS) is 16.5. The Morgan fingerprint density at radius 2 is 1.84 bits per heavy atom. The third-order valence-electron chi connectivity index (χ3n) is 6.82. The quantitative estimate of drug-likeness (QED) is 0.433. The molecule has 0 amide bonds. The van der Waals surface area contributed by atoms with Crippen molar-refractivity contribution in [2.45, 2.75) is 73.0 Å². The van der Waals surface area contributed by atoms with E-state index in [9.17, 15) is 9.59 Å². The number of halogens is 1. The molecule has 0 aliphatic carbocycles. The molecule has 37 heavy (non-hydrogen) atoms. The van der Waals surface area contributed by atoms with Crippen LogP contribution in [-0.4, -0.2) is 34.0 Å². The highest BCUT2D eigenvalue weighted by Gasteiger charge is 2.29. The standard InChI is InChI=1S/C29H37FN4O3/c1-18-16-21(19(2)31-22-11-9-8-10-20(22)27(36)37-28(3,4)5)24-32-25(23(30)26(35)34(24)17-18)33-14-12-29(6,7)13-15-33/h8-11,16-17,19,31H,12-15H2,1-7H3/t19-/m1/s1. The van der Waals surface area contributed by atoms with Gasteiger partial charge in [0, 0.05) is 30.5 Å². The molecule has 0 radical (unpaired) electrons. The van der Waals surface area contributed by atoms with Crippen LogP contribution in [0.25, 0.3) is 5.65 Å². The molecule has 198 valence electrons. The van der Waals surface area contributed by atoms with E-state index in [1.165, 1.54) is 4.40 Å². The Balaban J connectivity index is 1.74. The Kier molecular flexibility index (Phi) is 7.06. The predicted octanol–water partition coefficient (Wildman–Crippen LogP) is 5.90. The number of para-hydroxylation sites is 1. The van der Waals surface area contributed by atoms with Crippen LogP contribution in [0.15, 0.2) is 41.3 Å². The lowest BCUT2D eigenvalue weighted by molar-refractivity contribution is 0.00706. The van der Waals surface area contributed by atoms with Gasteiger partial charge < -0.3 is 15.0 Å². The monoisotopic (exact) mass is 508 g/mol. The molecule has 0 saturated carbocycles. The molecule has 3 aromatic rings. The maximum atomic E-state index is 15.3. The van der Waals surface area contributed by atoms with Crippen LogP contribution in [0.2, 0.25) is 0 Å². The van der Waals surface area contributed by atoms with E-state index in [0.29, 0.717) is 30.0 Å². The minimum Gasteiger partial charge on any atom is -0.456 e. The molecular formula is C29H37FN4O3. The van der Waals surface area contributed by atoms with Gasteiger partial charge in [0.15, 0.2) is 5.82 Å². The van der Waals surface area contributed by atoms with Gasteiger partial charge in [0.1, 0.15) is 11.2 Å². The minimum absolute atomic E-state index is 0.104. The number of piperidine rings is 1. The number of pyridine rings is 1. The van der Waals surface area contributed by atoms with Gasteiger partial charge in [0.2, 0.25) is 5.82 Å². The maximum Gasteiger partial charge on any atom is 0.340 e. The summed E-state index contributed by atoms with van der Waals surface area (Å²) in [4.78, 5) is 32.5. The number of ether oxygens (including phenoxy) is 1. The van der Waals surface area contributed by atoms with Gasteiger partial charge in [-0.1, -0.05) is 26.0 Å². The highest BCUT2D eigenvalue weighted by molar-refractivity contribution is 5.96. The number of nitrogens with zero attached hydrogens (tertiary/aromatic N) is 3. The number of nitrogens with one attached hydrogen (secondary N) is 1. The summed E-state index contributed by atoms with van der Waals surface area (Å²) in [5, 5.41) is 3.39. The van der Waals surface area contributed by atoms with Gasteiger partial charge in [-0.05, 0) is 76.6 Å². The van der Waals surface area contributed by atoms with Crippen molar-refractivity contribution in [3.63, 3.8) is 0 Å². The van der Waals surface area contributed by atoms with Crippen molar-refractivity contribution in [1.82, 2.24) is 9.38 Å². The van der Waals surface area contributed by atoms with Crippen molar-refractivity contribution >= 4 is 23.1 Å². The largest absolute Gasteiger partial charge is 0.456 e. The molecule has 4 rings (SSSR count). The zero-order chi connectivity index (χ0) is 27.1. The summed E-state index contributed by atoms with van der Waals surface area (Å²) in [6, 6.07) is 8.75. The van der Waals surface area contributed by atoms with E-state index >= 15 is 4.39 Å². The molecule has 1 aliphatic heterocycles. The van der Waals surface area contributed by atoms with Crippen LogP contribution >= 0.6 is 0 Å². The molecule has 0 bridgehead atoms. The Labute approximate surface area is 217 Å². The van der Waals surface area contributed by atoms with Crippen molar-refractivity contribution in [3.8, 4) is 0 Å². The molecule has 1 fully saturated rings. The van der Waals surface area contributed by atoms with Crippen LogP contribution in [0.5, 0.6) is 0 Å². The number of hydrogen-bond donors (Lipinski definition) is 1. The topological polar surface area (TPSA) is 75.9 Å². The minimum atomic E-state index is -0.829. The fraction of sp³-hybridized carbons (Fsp3) is 0.483. The van der Waals surface area contributed by atoms with Crippen molar-refractivity contribution < 1.29 is 13.9 Å². The van der Waals surface area contributed by atoms with Crippen LogP contribution in [0.3, 0.4) is 0 Å². The highest BCUT2D eigenvalue weighted by atomic mass is 19.1. The number of anilines is 2. The molecule has 8 heteroatoms. The van der Waals surface area contributed by atoms with E-state index in [0.717, 1.165) is 24.0 Å². The van der Waals surface area contributed by atoms with Crippen molar-refractivity contribution in [2.24, 2.45) is 5.41 Å². The number of fused-ring (bicyclic) bond motifs is 1. The van der Waals surface area contributed by atoms with E-state index in [4.69, 9.17) is 9.72 Å². The fourth-order valence-corrected chi connectivity index (χ4v) is 4.66. The average molecular weight is 509 g/mol. The first kappa shape index (κ1) is 26.6. The molecular weight excluding hydrogens is 471 g/mol. The van der Waals surface area contributed by atoms with Crippen LogP contribution in [0.1, 0.15) is 81.9 Å². The maximum absolute atomic E-state index is 15.3. The number of aromatic nitrogens is 2. The predicted molar refractivity (Wildman–Crippen MR) is 145 cm³/mol. The summed E-state index contributed by atoms with van der Waals surface area (Å²) >= 11 is 0. The zero-order valence-corrected chi connectivity index (χ0v) is 22.8. The SMILES string of the molecule is Cc1cc([C@@H](C)Nc2ccccc2C(=O)OC(C)(C)C)c2nc(N3CCC(C)(C)CC3)c(F)c(=O)n2c1. The van der Waals surface area contributed by atoms with E-state index in [1.54, 1.807) is 18.3 Å². The van der Waals surface area contributed by atoms with Gasteiger partial charge in [-0.15, -0.1) is 0 Å². The van der Waals surface area contributed by atoms with Crippen molar-refractivity contribution in [2.75, 3.05) is 23.3 Å². The van der Waals surface area contributed by atoms with Crippen molar-refractivity contribution in [1.29, 1.82) is 0 Å². The number of benzene rings is 1. The molecule has 1 atom stereocenters. The first-order chi connectivity index (χ1) is 17.3. The second kappa shape index (κ2) is 9.80. The summed E-state index contributed by atoms with van der Waals surface area (Å²) in [6.07, 6.45) is 3.41. The Bertz CT molecular complexity index is 1380. The van der Waals surface area contributed by atoms with Crippen LogP contribution in [-0.2, 0) is 4.74 Å². The van der Waals surface area contributed by atoms with Gasteiger partial charge in [-0.25, -0.2) is 9.78 Å². The van der Waals surface area contributed by atoms with Gasteiger partial charge >= 0.3 is 5.97 Å². The smallest absolute Gasteiger partial charge is 0.340 e. The van der Waals surface area contributed by atoms with Gasteiger partial charge in [-0.2, -0.15) is 4.39 Å². The molecule has 0 unspecified atom stereocenters. The molecule has 0 spiro atoms. The number of hydrogen-bond acceptors (Lipinski definition) is 6. The number of esters is 1. The molecule has 1 aliphatic rings. The van der Waals surface area contributed by atoms with Crippen molar-refractivity contribution in [3.05, 3.63) is 69.4 Å². The summed E-state index contributed by atoms with van der Waals surface area (Å²) in [5.41, 5.74) is 1.78. The molecule has 1 saturated heterocycles. The second-order valence-electron chi connectivity index (χ2n) is 11.8. The molecule has 1 N–H and O–H groups in total. The van der Waals surface area contributed by atoms with Gasteiger partial charge in [-0.3, -0.25) is 9.20 Å². The third-order valence-corrected chi connectivity index (χ3v) is 6.82. The molecule has 1 aromatic carbocycles. The van der Waals surface area contributed by atoms with Crippen LogP contribution in [0.4, 0.5) is 15.9 Å². The third kappa shape index (κ3) is 5.78. The summed E-state index contributed by atoms with van der Waals surface area (Å²) in [6.45, 7) is 15.0. The van der Waals surface area contributed by atoms with Gasteiger partial charge in [0.05, 0.1) is 11.6 Å². The summed E-state index contributed by atoms with van der Waals surface area (Å²) in [7, 11) is 0. The number of carbonyl (C=O) groups excluding carboxylic acids is 1. The zero-order valence-electron chi connectivity index (χ0n) is 22.8. The van der Waals surface area contributed by atoms with Gasteiger partial charge in [0.25, 0.3) is 5.56 Å². The molecule has 3 heterocycles. The van der Waals surface area contributed by atoms with E-state index < -0.39 is 22.9 Å². The number of rotatable bonds is 5. The highest BCUT2D eigenvalue weighted by Crippen LogP contribution is 2.33. The van der Waals surface area contributed by atoms with Crippen LogP contribution in [0, 0.1) is 18.2 Å².